The molecular weight excluding hydrogens is 502 g/mol. The Kier molecular flexibility index (Phi) is 7.28. The van der Waals surface area contributed by atoms with Gasteiger partial charge in [0.25, 0.3) is 0 Å². The van der Waals surface area contributed by atoms with Crippen LogP contribution >= 0.6 is 0 Å². The summed E-state index contributed by atoms with van der Waals surface area (Å²) in [5, 5.41) is 2.58. The third-order valence-electron chi connectivity index (χ3n) is 7.40. The number of Topliss-reactive ketones (excluding diaryl/α,β-unsaturated/α-hetero) is 1. The Morgan fingerprint density at radius 1 is 0.974 bits per heavy atom. The van der Waals surface area contributed by atoms with Crippen molar-refractivity contribution in [1.82, 2.24) is 0 Å². The molecule has 0 spiro atoms. The maximum atomic E-state index is 14.5. The van der Waals surface area contributed by atoms with E-state index in [0.29, 0.717) is 46.5 Å². The number of nitrogens with zero attached hydrogens (tertiary/aromatic N) is 1. The average Bonchev–Trinajstić information content (AvgIpc) is 2.93. The maximum Gasteiger partial charge on any atom is 0.234 e. The number of halogens is 2. The van der Waals surface area contributed by atoms with Gasteiger partial charge in [-0.2, -0.15) is 0 Å². The van der Waals surface area contributed by atoms with E-state index in [1.807, 2.05) is 30.3 Å². The number of hydrogen-bond acceptors (Lipinski definition) is 5. The first-order valence-corrected chi connectivity index (χ1v) is 12.6. The zero-order valence-corrected chi connectivity index (χ0v) is 21.8. The number of aliphatic imine (C=N–C) groups is 1. The molecule has 1 aliphatic heterocycles. The first-order chi connectivity index (χ1) is 18.8. The fraction of sp³-hybridized carbons (Fsp3) is 0.258. The van der Waals surface area contributed by atoms with Crippen LogP contribution in [0.15, 0.2) is 83.0 Å². The molecule has 1 aliphatic carbocycles. The monoisotopic (exact) mass is 530 g/mol. The van der Waals surface area contributed by atoms with Crippen LogP contribution in [0.25, 0.3) is 0 Å². The lowest BCUT2D eigenvalue weighted by molar-refractivity contribution is -0.119. The van der Waals surface area contributed by atoms with Gasteiger partial charge in [0.05, 0.1) is 25.8 Å². The predicted octanol–water partition coefficient (Wildman–Crippen LogP) is 6.20. The Balaban J connectivity index is 1.63. The highest BCUT2D eigenvalue weighted by molar-refractivity contribution is 6.13. The number of benzene rings is 3. The molecule has 1 amide bonds. The quantitative estimate of drug-likeness (QED) is 0.412. The van der Waals surface area contributed by atoms with E-state index in [2.05, 4.69) is 5.32 Å². The van der Waals surface area contributed by atoms with Crippen molar-refractivity contribution in [2.24, 2.45) is 10.9 Å². The fourth-order valence-electron chi connectivity index (χ4n) is 5.58. The van der Waals surface area contributed by atoms with Crippen molar-refractivity contribution >= 4 is 23.1 Å². The van der Waals surface area contributed by atoms with Crippen molar-refractivity contribution in [3.05, 3.63) is 101 Å². The Morgan fingerprint density at radius 3 is 2.44 bits per heavy atom. The van der Waals surface area contributed by atoms with Crippen molar-refractivity contribution in [3.63, 3.8) is 0 Å². The molecule has 0 saturated carbocycles. The topological polar surface area (TPSA) is 77.0 Å². The molecule has 0 bridgehead atoms. The van der Waals surface area contributed by atoms with Crippen LogP contribution in [0, 0.1) is 17.6 Å². The summed E-state index contributed by atoms with van der Waals surface area (Å²) in [5.41, 5.74) is 3.02. The zero-order valence-electron chi connectivity index (χ0n) is 21.8. The van der Waals surface area contributed by atoms with Gasteiger partial charge in [0.1, 0.15) is 23.1 Å². The number of allylic oxidation sites excluding steroid dienone is 2. The fourth-order valence-corrected chi connectivity index (χ4v) is 5.58. The summed E-state index contributed by atoms with van der Waals surface area (Å²) in [7, 11) is 3.04. The van der Waals surface area contributed by atoms with Crippen LogP contribution in [0.1, 0.15) is 42.7 Å². The van der Waals surface area contributed by atoms with Crippen LogP contribution in [0.2, 0.25) is 0 Å². The number of carbonyl (C=O) groups is 2. The van der Waals surface area contributed by atoms with Gasteiger partial charge in [-0.25, -0.2) is 8.78 Å². The minimum Gasteiger partial charge on any atom is -0.497 e. The molecule has 0 aromatic heterocycles. The Bertz CT molecular complexity index is 1500. The summed E-state index contributed by atoms with van der Waals surface area (Å²) < 4.78 is 39.1. The van der Waals surface area contributed by atoms with Crippen LogP contribution in [0.4, 0.5) is 14.5 Å². The number of ketones is 1. The summed E-state index contributed by atoms with van der Waals surface area (Å²) in [6, 6.07) is 18.0. The van der Waals surface area contributed by atoms with Crippen LogP contribution in [0.3, 0.4) is 0 Å². The second-order valence-corrected chi connectivity index (χ2v) is 9.73. The molecule has 3 aromatic carbocycles. The second kappa shape index (κ2) is 10.8. The molecule has 39 heavy (non-hydrogen) atoms. The molecule has 1 N–H and O–H groups in total. The molecule has 6 nitrogen and oxygen atoms in total. The zero-order chi connectivity index (χ0) is 27.7. The Hall–Kier alpha value is -4.33. The van der Waals surface area contributed by atoms with Gasteiger partial charge < -0.3 is 14.8 Å². The smallest absolute Gasteiger partial charge is 0.234 e. The van der Waals surface area contributed by atoms with E-state index in [1.165, 1.54) is 20.3 Å². The lowest BCUT2D eigenvalue weighted by Gasteiger charge is -2.37. The van der Waals surface area contributed by atoms with E-state index in [0.717, 1.165) is 11.6 Å². The molecule has 200 valence electrons. The average molecular weight is 531 g/mol. The maximum absolute atomic E-state index is 14.5. The van der Waals surface area contributed by atoms with Crippen molar-refractivity contribution in [2.45, 2.75) is 31.6 Å². The first-order valence-electron chi connectivity index (χ1n) is 12.6. The SMILES string of the molecule is COc1ccc(OC)c([C@@H]2C3=C(C[C@H](c4ccccc4)CC3=O)N=C(C)C2C(=O)Nc2ccc(F)cc2F)c1. The van der Waals surface area contributed by atoms with Gasteiger partial charge in [0.2, 0.25) is 5.91 Å². The van der Waals surface area contributed by atoms with Crippen LogP contribution < -0.4 is 14.8 Å². The van der Waals surface area contributed by atoms with Gasteiger partial charge in [-0.3, -0.25) is 14.6 Å². The third kappa shape index (κ3) is 5.06. The molecule has 3 aromatic rings. The van der Waals surface area contributed by atoms with E-state index < -0.39 is 29.4 Å². The molecule has 0 saturated heterocycles. The van der Waals surface area contributed by atoms with Crippen LogP contribution in [0.5, 0.6) is 11.5 Å². The standard InChI is InChI=1S/C31H28F2N2O4/c1-17-28(31(37)35-24-11-9-20(32)15-23(24)33)29(22-16-21(38-2)10-12-27(22)39-3)30-25(34-17)13-19(14-26(30)36)18-7-5-4-6-8-18/h4-12,15-16,19,28-29H,13-14H2,1-3H3,(H,35,37)/t19-,28?,29-/m0/s1. The molecular formula is C31H28F2N2O4. The van der Waals surface area contributed by atoms with Crippen molar-refractivity contribution < 1.29 is 27.8 Å². The highest BCUT2D eigenvalue weighted by atomic mass is 19.1. The van der Waals surface area contributed by atoms with Gasteiger partial charge in [-0.15, -0.1) is 0 Å². The number of amides is 1. The number of nitrogens with one attached hydrogen (secondary N) is 1. The Morgan fingerprint density at radius 2 is 1.74 bits per heavy atom. The highest BCUT2D eigenvalue weighted by Gasteiger charge is 2.45. The minimum atomic E-state index is -0.952. The normalized spacial score (nSPS) is 20.7. The molecule has 5 rings (SSSR count). The van der Waals surface area contributed by atoms with Gasteiger partial charge in [0, 0.05) is 41.0 Å². The second-order valence-electron chi connectivity index (χ2n) is 9.73. The molecule has 3 atom stereocenters. The van der Waals surface area contributed by atoms with Gasteiger partial charge >= 0.3 is 0 Å². The van der Waals surface area contributed by atoms with E-state index in [4.69, 9.17) is 14.5 Å². The molecule has 1 unspecified atom stereocenters. The summed E-state index contributed by atoms with van der Waals surface area (Å²) >= 11 is 0. The number of ether oxygens (including phenoxy) is 2. The number of hydrogen-bond donors (Lipinski definition) is 1. The molecule has 1 heterocycles. The predicted molar refractivity (Wildman–Crippen MR) is 144 cm³/mol. The Labute approximate surface area is 225 Å². The molecule has 0 radical (unpaired) electrons. The third-order valence-corrected chi connectivity index (χ3v) is 7.40. The summed E-state index contributed by atoms with van der Waals surface area (Å²) in [6.07, 6.45) is 0.799. The van der Waals surface area contributed by atoms with Crippen LogP contribution in [-0.2, 0) is 9.59 Å². The highest BCUT2D eigenvalue weighted by Crippen LogP contribution is 2.49. The van der Waals surface area contributed by atoms with Crippen molar-refractivity contribution in [3.8, 4) is 11.5 Å². The lowest BCUT2D eigenvalue weighted by atomic mass is 9.68. The van der Waals surface area contributed by atoms with E-state index >= 15 is 0 Å². The first kappa shape index (κ1) is 26.3. The summed E-state index contributed by atoms with van der Waals surface area (Å²) in [6.45, 7) is 1.73. The van der Waals surface area contributed by atoms with Gasteiger partial charge in [-0.1, -0.05) is 30.3 Å². The van der Waals surface area contributed by atoms with Crippen molar-refractivity contribution in [1.29, 1.82) is 0 Å². The largest absolute Gasteiger partial charge is 0.497 e. The summed E-state index contributed by atoms with van der Waals surface area (Å²) in [5.74, 6) is -3.07. The lowest BCUT2D eigenvalue weighted by Crippen LogP contribution is -2.40. The van der Waals surface area contributed by atoms with Gasteiger partial charge in [-0.05, 0) is 55.2 Å². The van der Waals surface area contributed by atoms with E-state index in [9.17, 15) is 18.4 Å². The molecule has 2 aliphatic rings. The van der Waals surface area contributed by atoms with E-state index in [1.54, 1.807) is 25.1 Å². The minimum absolute atomic E-state index is 0.0412. The van der Waals surface area contributed by atoms with E-state index in [-0.39, 0.29) is 23.8 Å². The molecule has 0 fully saturated rings. The summed E-state index contributed by atoms with van der Waals surface area (Å²) in [4.78, 5) is 32.4. The number of rotatable bonds is 6. The number of carbonyl (C=O) groups excluding carboxylic acids is 2. The van der Waals surface area contributed by atoms with Gasteiger partial charge in [0.15, 0.2) is 5.78 Å². The van der Waals surface area contributed by atoms with Crippen LogP contribution in [-0.4, -0.2) is 31.6 Å². The number of methoxy groups -OCH3 is 2. The van der Waals surface area contributed by atoms with Crippen molar-refractivity contribution in [2.75, 3.05) is 19.5 Å². The number of anilines is 1. The molecule has 8 heteroatoms.